The number of allylic oxidation sites excluding steroid dienone is 8. The second-order valence-corrected chi connectivity index (χ2v) is 17.8. The van der Waals surface area contributed by atoms with E-state index in [9.17, 15) is 14.4 Å². The quantitative estimate of drug-likeness (QED) is 0.0262. The van der Waals surface area contributed by atoms with Crippen LogP contribution in [0.4, 0.5) is 0 Å². The van der Waals surface area contributed by atoms with Crippen LogP contribution in [0.5, 0.6) is 0 Å². The van der Waals surface area contributed by atoms with E-state index < -0.39 is 6.10 Å². The maximum Gasteiger partial charge on any atom is 0.306 e. The van der Waals surface area contributed by atoms with Crippen LogP contribution in [-0.2, 0) is 28.6 Å². The molecule has 0 aliphatic rings. The molecule has 1 unspecified atom stereocenters. The van der Waals surface area contributed by atoms with Gasteiger partial charge in [-0.2, -0.15) is 0 Å². The van der Waals surface area contributed by atoms with Crippen LogP contribution < -0.4 is 0 Å². The smallest absolute Gasteiger partial charge is 0.306 e. The molecule has 0 aromatic rings. The average molecular weight is 869 g/mol. The predicted octanol–water partition coefficient (Wildman–Crippen LogP) is 17.5. The summed E-state index contributed by atoms with van der Waals surface area (Å²) in [5.41, 5.74) is 0. The van der Waals surface area contributed by atoms with Crippen LogP contribution in [0.25, 0.3) is 0 Å². The molecule has 0 bridgehead atoms. The molecule has 0 aliphatic carbocycles. The van der Waals surface area contributed by atoms with Crippen LogP contribution in [-0.4, -0.2) is 37.2 Å². The lowest BCUT2D eigenvalue weighted by Crippen LogP contribution is -2.30. The maximum absolute atomic E-state index is 12.8. The van der Waals surface area contributed by atoms with Crippen molar-refractivity contribution in [1.29, 1.82) is 0 Å². The first-order valence-electron chi connectivity index (χ1n) is 26.6. The molecule has 1 atom stereocenters. The molecular formula is C56H100O6. The Kier molecular flexibility index (Phi) is 48.8. The van der Waals surface area contributed by atoms with Gasteiger partial charge < -0.3 is 14.2 Å². The second-order valence-electron chi connectivity index (χ2n) is 17.8. The van der Waals surface area contributed by atoms with Crippen LogP contribution in [0.3, 0.4) is 0 Å². The molecule has 0 spiro atoms. The zero-order chi connectivity index (χ0) is 45.1. The minimum Gasteiger partial charge on any atom is -0.462 e. The summed E-state index contributed by atoms with van der Waals surface area (Å²) < 4.78 is 16.8. The van der Waals surface area contributed by atoms with E-state index in [0.29, 0.717) is 19.3 Å². The van der Waals surface area contributed by atoms with E-state index in [1.807, 2.05) is 0 Å². The normalized spacial score (nSPS) is 12.4. The van der Waals surface area contributed by atoms with Gasteiger partial charge in [-0.1, -0.05) is 204 Å². The molecule has 360 valence electrons. The summed E-state index contributed by atoms with van der Waals surface area (Å²) in [6.07, 6.45) is 60.9. The fourth-order valence-corrected chi connectivity index (χ4v) is 7.45. The Morgan fingerprint density at radius 1 is 0.323 bits per heavy atom. The fraction of sp³-hybridized carbons (Fsp3) is 0.804. The SMILES string of the molecule is CCCC/C=C\C/C=C\CCCCCCCC(=O)OC(COC(=O)CCCCCCC/C=C\CCCCC)COC(=O)CCCCCCCCC/C=C\CCCCCCCCC. The minimum atomic E-state index is -0.783. The van der Waals surface area contributed by atoms with Crippen LogP contribution in [0.15, 0.2) is 48.6 Å². The van der Waals surface area contributed by atoms with Crippen molar-refractivity contribution in [3.05, 3.63) is 48.6 Å². The van der Waals surface area contributed by atoms with E-state index in [2.05, 4.69) is 69.4 Å². The number of carbonyl (C=O) groups excluding carboxylic acids is 3. The first kappa shape index (κ1) is 59.4. The molecule has 0 heterocycles. The zero-order valence-corrected chi connectivity index (χ0v) is 41.1. The number of ether oxygens (including phenoxy) is 3. The predicted molar refractivity (Wildman–Crippen MR) is 265 cm³/mol. The number of hydrogen-bond donors (Lipinski definition) is 0. The van der Waals surface area contributed by atoms with Crippen molar-refractivity contribution in [2.45, 2.75) is 277 Å². The van der Waals surface area contributed by atoms with Crippen LogP contribution in [0.1, 0.15) is 271 Å². The molecular weight excluding hydrogens is 769 g/mol. The van der Waals surface area contributed by atoms with Crippen molar-refractivity contribution in [3.8, 4) is 0 Å². The summed E-state index contributed by atoms with van der Waals surface area (Å²) in [5, 5.41) is 0. The van der Waals surface area contributed by atoms with Gasteiger partial charge in [0, 0.05) is 19.3 Å². The van der Waals surface area contributed by atoms with Crippen molar-refractivity contribution in [1.82, 2.24) is 0 Å². The van der Waals surface area contributed by atoms with Crippen molar-refractivity contribution < 1.29 is 28.6 Å². The summed E-state index contributed by atoms with van der Waals surface area (Å²) in [6.45, 7) is 6.56. The van der Waals surface area contributed by atoms with Crippen molar-refractivity contribution >= 4 is 17.9 Å². The molecule has 0 aromatic carbocycles. The van der Waals surface area contributed by atoms with E-state index in [4.69, 9.17) is 14.2 Å². The molecule has 0 aromatic heterocycles. The largest absolute Gasteiger partial charge is 0.462 e. The minimum absolute atomic E-state index is 0.0829. The number of rotatable bonds is 48. The van der Waals surface area contributed by atoms with Gasteiger partial charge in [-0.15, -0.1) is 0 Å². The van der Waals surface area contributed by atoms with Gasteiger partial charge in [-0.25, -0.2) is 0 Å². The van der Waals surface area contributed by atoms with Crippen LogP contribution in [0, 0.1) is 0 Å². The highest BCUT2D eigenvalue weighted by Crippen LogP contribution is 2.14. The summed E-state index contributed by atoms with van der Waals surface area (Å²) in [4.78, 5) is 38.0. The van der Waals surface area contributed by atoms with Gasteiger partial charge in [-0.3, -0.25) is 14.4 Å². The number of hydrogen-bond acceptors (Lipinski definition) is 6. The molecule has 6 heteroatoms. The molecule has 62 heavy (non-hydrogen) atoms. The molecule has 0 N–H and O–H groups in total. The standard InChI is InChI=1S/C56H100O6/c1-4-7-10-13-16-19-22-25-27-28-29-30-32-34-37-40-43-46-49-55(58)61-52-53(51-60-54(57)48-45-42-39-36-33-24-21-18-15-12-9-6-3)62-56(59)50-47-44-41-38-35-31-26-23-20-17-14-11-8-5-2/h14,17-18,21,23,26-28,53H,4-13,15-16,19-20,22,24-25,29-52H2,1-3H3/b17-14-,21-18-,26-23-,28-27-. The highest BCUT2D eigenvalue weighted by Gasteiger charge is 2.19. The number of esters is 3. The highest BCUT2D eigenvalue weighted by atomic mass is 16.6. The molecule has 0 saturated carbocycles. The van der Waals surface area contributed by atoms with E-state index >= 15 is 0 Å². The lowest BCUT2D eigenvalue weighted by molar-refractivity contribution is -0.167. The van der Waals surface area contributed by atoms with Crippen molar-refractivity contribution in [2.75, 3.05) is 13.2 Å². The van der Waals surface area contributed by atoms with E-state index in [1.54, 1.807) is 0 Å². The van der Waals surface area contributed by atoms with Crippen LogP contribution in [0.2, 0.25) is 0 Å². The molecule has 0 radical (unpaired) electrons. The number of carbonyl (C=O) groups is 3. The average Bonchev–Trinajstić information content (AvgIpc) is 3.27. The maximum atomic E-state index is 12.8. The van der Waals surface area contributed by atoms with E-state index in [1.165, 1.54) is 141 Å². The topological polar surface area (TPSA) is 78.9 Å². The number of unbranched alkanes of at least 4 members (excludes halogenated alkanes) is 29. The second kappa shape index (κ2) is 51.0. The molecule has 0 saturated heterocycles. The van der Waals surface area contributed by atoms with Gasteiger partial charge in [0.15, 0.2) is 6.10 Å². The molecule has 0 rings (SSSR count). The summed E-state index contributed by atoms with van der Waals surface area (Å²) in [7, 11) is 0. The zero-order valence-electron chi connectivity index (χ0n) is 41.1. The Balaban J connectivity index is 4.37. The lowest BCUT2D eigenvalue weighted by atomic mass is 10.1. The third-order valence-electron chi connectivity index (χ3n) is 11.5. The fourth-order valence-electron chi connectivity index (χ4n) is 7.45. The van der Waals surface area contributed by atoms with Crippen molar-refractivity contribution in [3.63, 3.8) is 0 Å². The van der Waals surface area contributed by atoms with Crippen molar-refractivity contribution in [2.24, 2.45) is 0 Å². The first-order chi connectivity index (χ1) is 30.5. The van der Waals surface area contributed by atoms with E-state index in [-0.39, 0.29) is 31.1 Å². The van der Waals surface area contributed by atoms with Gasteiger partial charge in [0.2, 0.25) is 0 Å². The van der Waals surface area contributed by atoms with Gasteiger partial charge in [0.05, 0.1) is 0 Å². The molecule has 6 nitrogen and oxygen atoms in total. The van der Waals surface area contributed by atoms with Gasteiger partial charge in [-0.05, 0) is 96.3 Å². The highest BCUT2D eigenvalue weighted by molar-refractivity contribution is 5.71. The Morgan fingerprint density at radius 2 is 0.597 bits per heavy atom. The monoisotopic (exact) mass is 869 g/mol. The molecule has 0 aliphatic heterocycles. The Labute approximate surface area is 384 Å². The third-order valence-corrected chi connectivity index (χ3v) is 11.5. The lowest BCUT2D eigenvalue weighted by Gasteiger charge is -2.18. The first-order valence-corrected chi connectivity index (χ1v) is 26.6. The summed E-state index contributed by atoms with van der Waals surface area (Å²) in [5.74, 6) is -0.904. The van der Waals surface area contributed by atoms with Gasteiger partial charge in [0.25, 0.3) is 0 Å². The summed E-state index contributed by atoms with van der Waals surface area (Å²) in [6, 6.07) is 0. The van der Waals surface area contributed by atoms with Gasteiger partial charge >= 0.3 is 17.9 Å². The summed E-state index contributed by atoms with van der Waals surface area (Å²) >= 11 is 0. The van der Waals surface area contributed by atoms with Gasteiger partial charge in [0.1, 0.15) is 13.2 Å². The Hall–Kier alpha value is -2.63. The molecule has 0 fully saturated rings. The molecule has 0 amide bonds. The Morgan fingerprint density at radius 3 is 0.984 bits per heavy atom. The third kappa shape index (κ3) is 48.4. The van der Waals surface area contributed by atoms with E-state index in [0.717, 1.165) is 89.9 Å². The van der Waals surface area contributed by atoms with Crippen LogP contribution >= 0.6 is 0 Å². The Bertz CT molecular complexity index is 1090.